The average Bonchev–Trinajstić information content (AvgIpc) is 3.14. The highest BCUT2D eigenvalue weighted by molar-refractivity contribution is 5.95. The summed E-state index contributed by atoms with van der Waals surface area (Å²) in [6.45, 7) is 4.79. The van der Waals surface area contributed by atoms with Gasteiger partial charge in [0.2, 0.25) is 11.8 Å². The molecule has 0 spiro atoms. The van der Waals surface area contributed by atoms with Crippen LogP contribution >= 0.6 is 0 Å². The van der Waals surface area contributed by atoms with Gasteiger partial charge in [-0.15, -0.1) is 0 Å². The van der Waals surface area contributed by atoms with E-state index in [2.05, 4.69) is 12.2 Å². The van der Waals surface area contributed by atoms with Crippen molar-refractivity contribution in [2.24, 2.45) is 0 Å². The maximum absolute atomic E-state index is 12.7. The highest BCUT2D eigenvalue weighted by Gasteiger charge is 2.33. The van der Waals surface area contributed by atoms with Gasteiger partial charge in [0, 0.05) is 38.2 Å². The molecule has 1 aromatic rings. The highest BCUT2D eigenvalue weighted by atomic mass is 16.5. The van der Waals surface area contributed by atoms with Crippen molar-refractivity contribution in [3.05, 3.63) is 29.8 Å². The lowest BCUT2D eigenvalue weighted by molar-refractivity contribution is -0.135. The second kappa shape index (κ2) is 8.88. The molecule has 2 saturated heterocycles. The molecule has 2 aliphatic heterocycles. The number of rotatable bonds is 6. The van der Waals surface area contributed by atoms with E-state index in [9.17, 15) is 14.4 Å². The molecular weight excluding hydrogens is 346 g/mol. The lowest BCUT2D eigenvalue weighted by Gasteiger charge is -2.36. The van der Waals surface area contributed by atoms with Crippen molar-refractivity contribution < 1.29 is 19.1 Å². The van der Waals surface area contributed by atoms with Crippen LogP contribution in [0.5, 0.6) is 5.75 Å². The fourth-order valence-electron chi connectivity index (χ4n) is 3.36. The van der Waals surface area contributed by atoms with Crippen molar-refractivity contribution in [2.75, 3.05) is 32.8 Å². The molecule has 1 N–H and O–H groups in total. The Kier molecular flexibility index (Phi) is 6.32. The summed E-state index contributed by atoms with van der Waals surface area (Å²) in [5.41, 5.74) is 0.626. The molecule has 3 amide bonds. The van der Waals surface area contributed by atoms with Crippen LogP contribution in [0.3, 0.4) is 0 Å². The van der Waals surface area contributed by atoms with Crippen LogP contribution in [0.2, 0.25) is 0 Å². The number of nitrogens with one attached hydrogen (secondary N) is 1. The number of hydrogen-bond acceptors (Lipinski definition) is 4. The summed E-state index contributed by atoms with van der Waals surface area (Å²) in [6.07, 6.45) is 3.06. The molecule has 2 fully saturated rings. The van der Waals surface area contributed by atoms with Crippen LogP contribution < -0.4 is 10.1 Å². The normalized spacial score (nSPS) is 19.7. The van der Waals surface area contributed by atoms with Crippen LogP contribution in [0.4, 0.5) is 0 Å². The first-order valence-corrected chi connectivity index (χ1v) is 9.68. The third-order valence-electron chi connectivity index (χ3n) is 5.04. The number of hydrogen-bond donors (Lipinski definition) is 1. The molecule has 2 heterocycles. The van der Waals surface area contributed by atoms with E-state index in [1.54, 1.807) is 21.9 Å². The van der Waals surface area contributed by atoms with E-state index < -0.39 is 6.04 Å². The van der Waals surface area contributed by atoms with Gasteiger partial charge in [0.15, 0.2) is 0 Å². The van der Waals surface area contributed by atoms with Gasteiger partial charge in [0.05, 0.1) is 6.61 Å². The summed E-state index contributed by atoms with van der Waals surface area (Å²) in [5.74, 6) is 0.635. The van der Waals surface area contributed by atoms with E-state index in [0.717, 1.165) is 18.6 Å². The van der Waals surface area contributed by atoms with Crippen molar-refractivity contribution in [3.63, 3.8) is 0 Å². The Morgan fingerprint density at radius 1 is 1.11 bits per heavy atom. The van der Waals surface area contributed by atoms with E-state index in [-0.39, 0.29) is 17.7 Å². The van der Waals surface area contributed by atoms with E-state index in [4.69, 9.17) is 4.74 Å². The number of carbonyl (C=O) groups is 3. The van der Waals surface area contributed by atoms with E-state index in [0.29, 0.717) is 51.2 Å². The number of benzene rings is 1. The molecular formula is C20H27N3O4. The van der Waals surface area contributed by atoms with Crippen LogP contribution in [0.25, 0.3) is 0 Å². The maximum atomic E-state index is 12.7. The molecule has 0 aromatic heterocycles. The van der Waals surface area contributed by atoms with Gasteiger partial charge < -0.3 is 19.9 Å². The van der Waals surface area contributed by atoms with Crippen molar-refractivity contribution >= 4 is 17.7 Å². The number of unbranched alkanes of at least 4 members (excludes halogenated alkanes) is 1. The molecule has 2 aliphatic rings. The molecule has 1 aromatic carbocycles. The van der Waals surface area contributed by atoms with Crippen molar-refractivity contribution in [3.8, 4) is 5.75 Å². The van der Waals surface area contributed by atoms with Crippen LogP contribution in [-0.4, -0.2) is 66.3 Å². The zero-order valence-electron chi connectivity index (χ0n) is 15.8. The molecule has 1 atom stereocenters. The number of piperazine rings is 1. The molecule has 7 nitrogen and oxygen atoms in total. The predicted molar refractivity (Wildman–Crippen MR) is 100 cm³/mol. The fourth-order valence-corrected chi connectivity index (χ4v) is 3.36. The fraction of sp³-hybridized carbons (Fsp3) is 0.550. The maximum Gasteiger partial charge on any atom is 0.253 e. The van der Waals surface area contributed by atoms with Gasteiger partial charge in [-0.1, -0.05) is 13.3 Å². The Hall–Kier alpha value is -2.57. The van der Waals surface area contributed by atoms with Gasteiger partial charge in [-0.3, -0.25) is 14.4 Å². The number of amides is 3. The summed E-state index contributed by atoms with van der Waals surface area (Å²) in [7, 11) is 0. The first-order valence-electron chi connectivity index (χ1n) is 9.68. The Morgan fingerprint density at radius 2 is 1.78 bits per heavy atom. The molecule has 3 rings (SSSR count). The van der Waals surface area contributed by atoms with Crippen molar-refractivity contribution in [1.29, 1.82) is 0 Å². The molecule has 0 aliphatic carbocycles. The van der Waals surface area contributed by atoms with Crippen LogP contribution in [0.1, 0.15) is 43.0 Å². The predicted octanol–water partition coefficient (Wildman–Crippen LogP) is 1.43. The molecule has 0 saturated carbocycles. The standard InChI is InChI=1S/C20H27N3O4/c1-2-3-14-27-16-6-4-15(5-7-16)19(25)22-10-12-23(13-11-22)20(26)17-8-9-18(24)21-17/h4-7,17H,2-3,8-14H2,1H3,(H,21,24). The summed E-state index contributed by atoms with van der Waals surface area (Å²) in [4.78, 5) is 39.9. The van der Waals surface area contributed by atoms with Crippen molar-refractivity contribution in [2.45, 2.75) is 38.6 Å². The zero-order chi connectivity index (χ0) is 19.2. The van der Waals surface area contributed by atoms with Gasteiger partial charge in [0.25, 0.3) is 5.91 Å². The quantitative estimate of drug-likeness (QED) is 0.765. The summed E-state index contributed by atoms with van der Waals surface area (Å²) < 4.78 is 5.62. The lowest BCUT2D eigenvalue weighted by Crippen LogP contribution is -2.54. The van der Waals surface area contributed by atoms with Gasteiger partial charge in [-0.25, -0.2) is 0 Å². The first-order chi connectivity index (χ1) is 13.1. The van der Waals surface area contributed by atoms with Gasteiger partial charge in [-0.05, 0) is 37.1 Å². The molecule has 27 heavy (non-hydrogen) atoms. The summed E-state index contributed by atoms with van der Waals surface area (Å²) in [5, 5.41) is 2.71. The molecule has 1 unspecified atom stereocenters. The minimum atomic E-state index is -0.403. The number of nitrogens with zero attached hydrogens (tertiary/aromatic N) is 2. The third kappa shape index (κ3) is 4.78. The van der Waals surface area contributed by atoms with E-state index >= 15 is 0 Å². The SMILES string of the molecule is CCCCOc1ccc(C(=O)N2CCN(C(=O)C3CCC(=O)N3)CC2)cc1. The van der Waals surface area contributed by atoms with Gasteiger partial charge >= 0.3 is 0 Å². The number of carbonyl (C=O) groups excluding carboxylic acids is 3. The van der Waals surface area contributed by atoms with E-state index in [1.165, 1.54) is 0 Å². The third-order valence-corrected chi connectivity index (χ3v) is 5.04. The van der Waals surface area contributed by atoms with Gasteiger partial charge in [0.1, 0.15) is 11.8 Å². The topological polar surface area (TPSA) is 79.0 Å². The van der Waals surface area contributed by atoms with Crippen molar-refractivity contribution in [1.82, 2.24) is 15.1 Å². The summed E-state index contributed by atoms with van der Waals surface area (Å²) in [6, 6.07) is 6.82. The van der Waals surface area contributed by atoms with Crippen LogP contribution in [0, 0.1) is 0 Å². The largest absolute Gasteiger partial charge is 0.494 e. The summed E-state index contributed by atoms with van der Waals surface area (Å²) >= 11 is 0. The smallest absolute Gasteiger partial charge is 0.253 e. The Balaban J connectivity index is 1.49. The Morgan fingerprint density at radius 3 is 2.37 bits per heavy atom. The van der Waals surface area contributed by atoms with Crippen LogP contribution in [0.15, 0.2) is 24.3 Å². The van der Waals surface area contributed by atoms with E-state index in [1.807, 2.05) is 12.1 Å². The molecule has 0 radical (unpaired) electrons. The first kappa shape index (κ1) is 19.2. The van der Waals surface area contributed by atoms with Gasteiger partial charge in [-0.2, -0.15) is 0 Å². The minimum Gasteiger partial charge on any atom is -0.494 e. The monoisotopic (exact) mass is 373 g/mol. The zero-order valence-corrected chi connectivity index (χ0v) is 15.8. The van der Waals surface area contributed by atoms with Crippen LogP contribution in [-0.2, 0) is 9.59 Å². The molecule has 7 heteroatoms. The second-order valence-corrected chi connectivity index (χ2v) is 7.00. The molecule has 146 valence electrons. The highest BCUT2D eigenvalue weighted by Crippen LogP contribution is 2.16. The Bertz CT molecular complexity index is 681. The number of ether oxygens (including phenoxy) is 1. The molecule has 0 bridgehead atoms. The average molecular weight is 373 g/mol. The minimum absolute atomic E-state index is 0.0311. The second-order valence-electron chi connectivity index (χ2n) is 7.00. The lowest BCUT2D eigenvalue weighted by atomic mass is 10.1. The Labute approximate surface area is 159 Å².